The van der Waals surface area contributed by atoms with Crippen LogP contribution in [0, 0.1) is 19.8 Å². The van der Waals surface area contributed by atoms with E-state index in [1.807, 2.05) is 0 Å². The fourth-order valence-corrected chi connectivity index (χ4v) is 4.11. The quantitative estimate of drug-likeness (QED) is 0.591. The van der Waals surface area contributed by atoms with E-state index in [9.17, 15) is 0 Å². The summed E-state index contributed by atoms with van der Waals surface area (Å²) in [5.74, 6) is 0.544. The Morgan fingerprint density at radius 1 is 1.05 bits per heavy atom. The average molecular weight is 260 g/mol. The lowest BCUT2D eigenvalue weighted by molar-refractivity contribution is 0.943. The maximum Gasteiger partial charge on any atom is -0.000118 e. The summed E-state index contributed by atoms with van der Waals surface area (Å²) in [5, 5.41) is 2.97. The molecule has 0 heterocycles. The number of rotatable bonds is 0. The van der Waals surface area contributed by atoms with Gasteiger partial charge in [0, 0.05) is 0 Å². The highest BCUT2D eigenvalue weighted by Crippen LogP contribution is 2.46. The van der Waals surface area contributed by atoms with Crippen molar-refractivity contribution in [3.05, 3.63) is 58.2 Å². The second kappa shape index (κ2) is 3.85. The molecule has 4 rings (SSSR count). The normalized spacial score (nSPS) is 19.9. The lowest BCUT2D eigenvalue weighted by atomic mass is 9.74. The first-order valence-electron chi connectivity index (χ1n) is 7.53. The predicted molar refractivity (Wildman–Crippen MR) is 87.9 cm³/mol. The number of allylic oxidation sites excluding steroid dienone is 4. The molecule has 0 N–H and O–H groups in total. The van der Waals surface area contributed by atoms with Gasteiger partial charge in [-0.15, -0.1) is 0 Å². The monoisotopic (exact) mass is 260 g/mol. The predicted octanol–water partition coefficient (Wildman–Crippen LogP) is 5.45. The maximum absolute atomic E-state index is 2.45. The topological polar surface area (TPSA) is 0 Å². The van der Waals surface area contributed by atoms with E-state index < -0.39 is 0 Å². The van der Waals surface area contributed by atoms with E-state index in [1.54, 1.807) is 0 Å². The highest BCUT2D eigenvalue weighted by atomic mass is 14.3. The van der Waals surface area contributed by atoms with Crippen LogP contribution in [0.15, 0.2) is 30.4 Å². The van der Waals surface area contributed by atoms with E-state index in [-0.39, 0.29) is 0 Å². The number of hydrogen-bond donors (Lipinski definition) is 0. The van der Waals surface area contributed by atoms with Crippen molar-refractivity contribution in [1.29, 1.82) is 0 Å². The number of benzene rings is 2. The van der Waals surface area contributed by atoms with Gasteiger partial charge in [-0.3, -0.25) is 0 Å². The van der Waals surface area contributed by atoms with E-state index in [1.165, 1.54) is 49.7 Å². The third-order valence-electron chi connectivity index (χ3n) is 5.07. The van der Waals surface area contributed by atoms with Gasteiger partial charge in [-0.05, 0) is 82.8 Å². The van der Waals surface area contributed by atoms with Crippen LogP contribution in [0.25, 0.3) is 21.9 Å². The van der Waals surface area contributed by atoms with Gasteiger partial charge < -0.3 is 0 Å². The van der Waals surface area contributed by atoms with Crippen LogP contribution in [-0.2, 0) is 6.42 Å². The minimum absolute atomic E-state index is 0.544. The van der Waals surface area contributed by atoms with Gasteiger partial charge in [-0.1, -0.05) is 37.3 Å². The smallest absolute Gasteiger partial charge is 0.000118 e. The summed E-state index contributed by atoms with van der Waals surface area (Å²) < 4.78 is 0. The standard InChI is InChI=1S/C20H20/c1-11-9-12(2)16-7-8-18-14(4)10-13(3)17-6-5-15(11)19(16)20(17)18/h5-7,9-10,12H,8H2,1-4H3. The summed E-state index contributed by atoms with van der Waals surface area (Å²) in [6, 6.07) is 6.99. The molecule has 2 aromatic carbocycles. The Kier molecular flexibility index (Phi) is 2.30. The second-order valence-corrected chi connectivity index (χ2v) is 6.40. The summed E-state index contributed by atoms with van der Waals surface area (Å²) in [7, 11) is 0. The van der Waals surface area contributed by atoms with Crippen molar-refractivity contribution in [2.75, 3.05) is 0 Å². The number of aryl methyl sites for hydroxylation is 2. The molecule has 0 fully saturated rings. The van der Waals surface area contributed by atoms with Crippen LogP contribution in [0.4, 0.5) is 0 Å². The summed E-state index contributed by atoms with van der Waals surface area (Å²) in [6.45, 7) is 9.08. The SMILES string of the molecule is CC1=CC(C)C2=CCc3c(C)cc(C)c4ccc1c2c34. The molecule has 0 aliphatic heterocycles. The molecule has 100 valence electrons. The van der Waals surface area contributed by atoms with E-state index in [0.717, 1.165) is 6.42 Å². The van der Waals surface area contributed by atoms with Crippen molar-refractivity contribution in [3.63, 3.8) is 0 Å². The van der Waals surface area contributed by atoms with Gasteiger partial charge in [-0.25, -0.2) is 0 Å². The maximum atomic E-state index is 2.45. The van der Waals surface area contributed by atoms with Crippen molar-refractivity contribution in [2.45, 2.75) is 34.1 Å². The van der Waals surface area contributed by atoms with E-state index >= 15 is 0 Å². The van der Waals surface area contributed by atoms with Gasteiger partial charge >= 0.3 is 0 Å². The molecule has 1 unspecified atom stereocenters. The molecule has 0 heteroatoms. The zero-order valence-corrected chi connectivity index (χ0v) is 12.7. The van der Waals surface area contributed by atoms with Crippen molar-refractivity contribution >= 4 is 21.9 Å². The van der Waals surface area contributed by atoms with Crippen molar-refractivity contribution < 1.29 is 0 Å². The Hall–Kier alpha value is -1.82. The Bertz CT molecular complexity index is 816. The molecule has 0 aromatic heterocycles. The Morgan fingerprint density at radius 3 is 2.65 bits per heavy atom. The van der Waals surface area contributed by atoms with Crippen molar-refractivity contribution in [3.8, 4) is 0 Å². The lowest BCUT2D eigenvalue weighted by Crippen LogP contribution is -2.11. The molecule has 0 nitrogen and oxygen atoms in total. The summed E-state index contributed by atoms with van der Waals surface area (Å²) in [6.07, 6.45) is 5.95. The van der Waals surface area contributed by atoms with Crippen LogP contribution < -0.4 is 0 Å². The summed E-state index contributed by atoms with van der Waals surface area (Å²) in [5.41, 5.74) is 10.3. The molecule has 2 aliphatic rings. The van der Waals surface area contributed by atoms with Crippen molar-refractivity contribution in [1.82, 2.24) is 0 Å². The first-order valence-corrected chi connectivity index (χ1v) is 7.53. The lowest BCUT2D eigenvalue weighted by Gasteiger charge is -2.30. The molecule has 0 saturated heterocycles. The summed E-state index contributed by atoms with van der Waals surface area (Å²) >= 11 is 0. The Labute approximate surface area is 120 Å². The summed E-state index contributed by atoms with van der Waals surface area (Å²) in [4.78, 5) is 0. The molecule has 0 saturated carbocycles. The third kappa shape index (κ3) is 1.37. The van der Waals surface area contributed by atoms with Gasteiger partial charge in [0.05, 0.1) is 0 Å². The zero-order chi connectivity index (χ0) is 14.0. The molecule has 0 spiro atoms. The Balaban J connectivity index is 2.25. The first-order chi connectivity index (χ1) is 9.58. The molecule has 0 amide bonds. The Morgan fingerprint density at radius 2 is 1.85 bits per heavy atom. The minimum Gasteiger partial charge on any atom is -0.0757 e. The van der Waals surface area contributed by atoms with Gasteiger partial charge in [-0.2, -0.15) is 0 Å². The third-order valence-corrected chi connectivity index (χ3v) is 5.07. The van der Waals surface area contributed by atoms with E-state index in [4.69, 9.17) is 0 Å². The molecular formula is C20H20. The van der Waals surface area contributed by atoms with Gasteiger partial charge in [0.1, 0.15) is 0 Å². The van der Waals surface area contributed by atoms with E-state index in [2.05, 4.69) is 58.0 Å². The largest absolute Gasteiger partial charge is 0.0757 e. The number of hydrogen-bond acceptors (Lipinski definition) is 0. The van der Waals surface area contributed by atoms with E-state index in [0.29, 0.717) is 5.92 Å². The molecule has 2 aliphatic carbocycles. The van der Waals surface area contributed by atoms with Crippen LogP contribution >= 0.6 is 0 Å². The fourth-order valence-electron chi connectivity index (χ4n) is 4.11. The fraction of sp³-hybridized carbons (Fsp3) is 0.300. The van der Waals surface area contributed by atoms with Gasteiger partial charge in [0.25, 0.3) is 0 Å². The molecular weight excluding hydrogens is 240 g/mol. The van der Waals surface area contributed by atoms with Crippen molar-refractivity contribution in [2.24, 2.45) is 5.92 Å². The first kappa shape index (κ1) is 12.0. The highest BCUT2D eigenvalue weighted by Gasteiger charge is 2.26. The molecule has 0 bridgehead atoms. The van der Waals surface area contributed by atoms with Gasteiger partial charge in [0.15, 0.2) is 0 Å². The highest BCUT2D eigenvalue weighted by molar-refractivity contribution is 6.05. The van der Waals surface area contributed by atoms with Crippen LogP contribution in [0.1, 0.15) is 41.7 Å². The van der Waals surface area contributed by atoms with Crippen LogP contribution in [-0.4, -0.2) is 0 Å². The van der Waals surface area contributed by atoms with Crippen LogP contribution in [0.5, 0.6) is 0 Å². The molecule has 20 heavy (non-hydrogen) atoms. The molecule has 2 aromatic rings. The molecule has 0 radical (unpaired) electrons. The average Bonchev–Trinajstić information content (AvgIpc) is 2.42. The van der Waals surface area contributed by atoms with Crippen LogP contribution in [0.3, 0.4) is 0 Å². The van der Waals surface area contributed by atoms with Gasteiger partial charge in [0.2, 0.25) is 0 Å². The minimum atomic E-state index is 0.544. The zero-order valence-electron chi connectivity index (χ0n) is 12.7. The molecule has 1 atom stereocenters. The second-order valence-electron chi connectivity index (χ2n) is 6.40. The van der Waals surface area contributed by atoms with Crippen LogP contribution in [0.2, 0.25) is 0 Å².